The number of hydrogen-bond acceptors (Lipinski definition) is 3. The molecule has 3 rings (SSSR count). The van der Waals surface area contributed by atoms with E-state index in [-0.39, 0.29) is 11.5 Å². The Balaban J connectivity index is 2.17. The molecule has 6 heteroatoms. The molecule has 0 unspecified atom stereocenters. The summed E-state index contributed by atoms with van der Waals surface area (Å²) in [4.78, 5) is 15.1. The maximum absolute atomic E-state index is 13.3. The number of benzene rings is 2. The Hall–Kier alpha value is -2.21. The highest BCUT2D eigenvalue weighted by Gasteiger charge is 2.14. The van der Waals surface area contributed by atoms with E-state index in [2.05, 4.69) is 20.9 Å². The maximum atomic E-state index is 13.3. The van der Waals surface area contributed by atoms with Crippen LogP contribution in [-0.4, -0.2) is 16.1 Å². The van der Waals surface area contributed by atoms with Crippen LogP contribution in [-0.2, 0) is 0 Å². The third kappa shape index (κ3) is 2.18. The molecule has 100 valence electrons. The van der Waals surface area contributed by atoms with Gasteiger partial charge in [-0.05, 0) is 52.3 Å². The van der Waals surface area contributed by atoms with Crippen molar-refractivity contribution < 1.29 is 18.7 Å². The van der Waals surface area contributed by atoms with Crippen LogP contribution in [0.25, 0.3) is 22.6 Å². The lowest BCUT2D eigenvalue weighted by Gasteiger charge is -1.98. The number of nitrogens with zero attached hydrogens (tertiary/aromatic N) is 1. The van der Waals surface area contributed by atoms with Crippen molar-refractivity contribution in [2.75, 3.05) is 0 Å². The molecule has 4 nitrogen and oxygen atoms in total. The molecule has 20 heavy (non-hydrogen) atoms. The summed E-state index contributed by atoms with van der Waals surface area (Å²) < 4.78 is 19.4. The van der Waals surface area contributed by atoms with Crippen molar-refractivity contribution in [2.24, 2.45) is 0 Å². The average Bonchev–Trinajstić information content (AvgIpc) is 2.83. The highest BCUT2D eigenvalue weighted by molar-refractivity contribution is 9.10. The quantitative estimate of drug-likeness (QED) is 0.765. The van der Waals surface area contributed by atoms with Crippen LogP contribution in [0.3, 0.4) is 0 Å². The molecule has 0 saturated heterocycles. The number of aromatic carboxylic acids is 1. The highest BCUT2D eigenvalue weighted by atomic mass is 79.9. The molecule has 0 aliphatic heterocycles. The number of aromatic nitrogens is 1. The molecular weight excluding hydrogens is 329 g/mol. The van der Waals surface area contributed by atoms with Crippen LogP contribution < -0.4 is 0 Å². The van der Waals surface area contributed by atoms with Gasteiger partial charge in [-0.1, -0.05) is 0 Å². The second kappa shape index (κ2) is 4.72. The van der Waals surface area contributed by atoms with Crippen LogP contribution in [0.15, 0.2) is 45.3 Å². The predicted molar refractivity (Wildman–Crippen MR) is 74.1 cm³/mol. The standard InChI is InChI=1S/C14H7BrFNO3/c15-10-3-2-8(16)6-9(10)13-17-11-4-1-7(14(18)19)5-12(11)20-13/h1-6H,(H,18,19). The van der Waals surface area contributed by atoms with Crippen LogP contribution in [0.4, 0.5) is 4.39 Å². The molecule has 0 aliphatic rings. The molecule has 1 N–H and O–H groups in total. The van der Waals surface area contributed by atoms with E-state index in [1.165, 1.54) is 24.3 Å². The fraction of sp³-hybridized carbons (Fsp3) is 0. The molecule has 0 aliphatic carbocycles. The molecule has 0 fully saturated rings. The van der Waals surface area contributed by atoms with Gasteiger partial charge in [-0.15, -0.1) is 0 Å². The van der Waals surface area contributed by atoms with Gasteiger partial charge < -0.3 is 9.52 Å². The van der Waals surface area contributed by atoms with Crippen LogP contribution in [0.2, 0.25) is 0 Å². The summed E-state index contributed by atoms with van der Waals surface area (Å²) in [5.74, 6) is -1.22. The number of hydrogen-bond donors (Lipinski definition) is 1. The minimum Gasteiger partial charge on any atom is -0.478 e. The molecule has 0 spiro atoms. The topological polar surface area (TPSA) is 63.3 Å². The summed E-state index contributed by atoms with van der Waals surface area (Å²) >= 11 is 3.30. The number of fused-ring (bicyclic) bond motifs is 1. The molecule has 1 aromatic heterocycles. The Morgan fingerprint density at radius 2 is 2.05 bits per heavy atom. The van der Waals surface area contributed by atoms with Crippen LogP contribution in [0.1, 0.15) is 10.4 Å². The van der Waals surface area contributed by atoms with Gasteiger partial charge in [0.25, 0.3) is 0 Å². The Kier molecular flexibility index (Phi) is 3.02. The minimum atomic E-state index is -1.04. The zero-order chi connectivity index (χ0) is 14.3. The van der Waals surface area contributed by atoms with Crippen molar-refractivity contribution in [3.05, 3.63) is 52.3 Å². The summed E-state index contributed by atoms with van der Waals surface area (Å²) in [5, 5.41) is 8.93. The van der Waals surface area contributed by atoms with Crippen molar-refractivity contribution >= 4 is 33.0 Å². The molecular formula is C14H7BrFNO3. The Morgan fingerprint density at radius 3 is 2.80 bits per heavy atom. The second-order valence-corrected chi connectivity index (χ2v) is 4.99. The molecule has 3 aromatic rings. The van der Waals surface area contributed by atoms with Gasteiger partial charge in [0.2, 0.25) is 5.89 Å². The van der Waals surface area contributed by atoms with E-state index in [1.54, 1.807) is 12.1 Å². The lowest BCUT2D eigenvalue weighted by molar-refractivity contribution is 0.0697. The lowest BCUT2D eigenvalue weighted by Crippen LogP contribution is -1.94. The van der Waals surface area contributed by atoms with Gasteiger partial charge in [-0.3, -0.25) is 0 Å². The monoisotopic (exact) mass is 335 g/mol. The molecule has 0 atom stereocenters. The molecule has 0 saturated carbocycles. The Bertz CT molecular complexity index is 828. The Labute approximate surface area is 121 Å². The third-order valence-electron chi connectivity index (χ3n) is 2.79. The minimum absolute atomic E-state index is 0.110. The van der Waals surface area contributed by atoms with E-state index < -0.39 is 11.8 Å². The summed E-state index contributed by atoms with van der Waals surface area (Å²) in [6.45, 7) is 0. The van der Waals surface area contributed by atoms with Gasteiger partial charge in [0.05, 0.1) is 11.1 Å². The van der Waals surface area contributed by atoms with Gasteiger partial charge >= 0.3 is 5.97 Å². The zero-order valence-electron chi connectivity index (χ0n) is 9.93. The van der Waals surface area contributed by atoms with Crippen molar-refractivity contribution in [1.82, 2.24) is 4.98 Å². The van der Waals surface area contributed by atoms with Crippen molar-refractivity contribution in [3.63, 3.8) is 0 Å². The number of rotatable bonds is 2. The molecule has 1 heterocycles. The predicted octanol–water partition coefficient (Wildman–Crippen LogP) is 4.09. The summed E-state index contributed by atoms with van der Waals surface area (Å²) in [7, 11) is 0. The number of carboxylic acids is 1. The molecule has 2 aromatic carbocycles. The molecule has 0 radical (unpaired) electrons. The molecule has 0 amide bonds. The van der Waals surface area contributed by atoms with Gasteiger partial charge in [0.15, 0.2) is 5.58 Å². The second-order valence-electron chi connectivity index (χ2n) is 4.13. The maximum Gasteiger partial charge on any atom is 0.335 e. The number of carboxylic acid groups (broad SMARTS) is 1. The van der Waals surface area contributed by atoms with E-state index in [0.717, 1.165) is 0 Å². The van der Waals surface area contributed by atoms with E-state index in [0.29, 0.717) is 21.1 Å². The fourth-order valence-corrected chi connectivity index (χ4v) is 2.25. The Morgan fingerprint density at radius 1 is 1.25 bits per heavy atom. The first-order chi connectivity index (χ1) is 9.54. The number of carbonyl (C=O) groups is 1. The largest absolute Gasteiger partial charge is 0.478 e. The first-order valence-corrected chi connectivity index (χ1v) is 6.43. The SMILES string of the molecule is O=C(O)c1ccc2nc(-c3cc(F)ccc3Br)oc2c1. The van der Waals surface area contributed by atoms with Crippen molar-refractivity contribution in [1.29, 1.82) is 0 Å². The first-order valence-electron chi connectivity index (χ1n) is 5.64. The lowest BCUT2D eigenvalue weighted by atomic mass is 10.2. The smallest absolute Gasteiger partial charge is 0.335 e. The van der Waals surface area contributed by atoms with E-state index in [1.807, 2.05) is 0 Å². The van der Waals surface area contributed by atoms with E-state index in [4.69, 9.17) is 9.52 Å². The first kappa shape index (κ1) is 12.8. The summed E-state index contributed by atoms with van der Waals surface area (Å²) in [5.41, 5.74) is 1.44. The van der Waals surface area contributed by atoms with E-state index in [9.17, 15) is 9.18 Å². The normalized spacial score (nSPS) is 10.9. The van der Waals surface area contributed by atoms with Gasteiger partial charge in [-0.25, -0.2) is 14.2 Å². The third-order valence-corrected chi connectivity index (χ3v) is 3.49. The summed E-state index contributed by atoms with van der Waals surface area (Å²) in [6.07, 6.45) is 0. The fourth-order valence-electron chi connectivity index (χ4n) is 1.83. The van der Waals surface area contributed by atoms with Crippen LogP contribution in [0, 0.1) is 5.82 Å². The van der Waals surface area contributed by atoms with Gasteiger partial charge in [0, 0.05) is 4.47 Å². The van der Waals surface area contributed by atoms with Crippen molar-refractivity contribution in [2.45, 2.75) is 0 Å². The van der Waals surface area contributed by atoms with Gasteiger partial charge in [-0.2, -0.15) is 0 Å². The summed E-state index contributed by atoms with van der Waals surface area (Å²) in [6, 6.07) is 8.56. The molecule has 0 bridgehead atoms. The zero-order valence-corrected chi connectivity index (χ0v) is 11.5. The number of oxazole rings is 1. The van der Waals surface area contributed by atoms with Crippen LogP contribution in [0.5, 0.6) is 0 Å². The highest BCUT2D eigenvalue weighted by Crippen LogP contribution is 2.31. The van der Waals surface area contributed by atoms with E-state index >= 15 is 0 Å². The van der Waals surface area contributed by atoms with Crippen LogP contribution >= 0.6 is 15.9 Å². The average molecular weight is 336 g/mol. The van der Waals surface area contributed by atoms with Crippen molar-refractivity contribution in [3.8, 4) is 11.5 Å². The van der Waals surface area contributed by atoms with Gasteiger partial charge in [0.1, 0.15) is 11.3 Å². The number of halogens is 2.